The van der Waals surface area contributed by atoms with E-state index in [0.29, 0.717) is 22.9 Å². The zero-order chi connectivity index (χ0) is 22.4. The lowest BCUT2D eigenvalue weighted by Gasteiger charge is -2.15. The van der Waals surface area contributed by atoms with Crippen LogP contribution < -0.4 is 15.7 Å². The predicted molar refractivity (Wildman–Crippen MR) is 117 cm³/mol. The van der Waals surface area contributed by atoms with Crippen molar-refractivity contribution >= 4 is 28.5 Å². The molecule has 7 nitrogen and oxygen atoms in total. The lowest BCUT2D eigenvalue weighted by atomic mass is 9.97. The third kappa shape index (κ3) is 5.72. The zero-order valence-electron chi connectivity index (χ0n) is 17.8. The summed E-state index contributed by atoms with van der Waals surface area (Å²) in [5.74, 6) is -0.462. The molecule has 2 aromatic carbocycles. The third-order valence-electron chi connectivity index (χ3n) is 5.02. The van der Waals surface area contributed by atoms with Gasteiger partial charge in [-0.2, -0.15) is 0 Å². The van der Waals surface area contributed by atoms with Crippen LogP contribution in [0.25, 0.3) is 11.0 Å². The molecule has 0 aliphatic heterocycles. The first kappa shape index (κ1) is 22.1. The molecule has 0 aliphatic rings. The smallest absolute Gasteiger partial charge is 0.344 e. The molecule has 1 heterocycles. The van der Waals surface area contributed by atoms with Gasteiger partial charge in [0.1, 0.15) is 11.3 Å². The van der Waals surface area contributed by atoms with E-state index in [2.05, 4.69) is 19.2 Å². The highest BCUT2D eigenvalue weighted by Crippen LogP contribution is 2.26. The van der Waals surface area contributed by atoms with Crippen molar-refractivity contribution in [3.8, 4) is 5.75 Å². The van der Waals surface area contributed by atoms with Crippen LogP contribution in [0.1, 0.15) is 37.3 Å². The molecule has 3 aromatic rings. The normalized spacial score (nSPS) is 11.7. The molecule has 1 atom stereocenters. The second-order valence-corrected chi connectivity index (χ2v) is 7.30. The summed E-state index contributed by atoms with van der Waals surface area (Å²) in [6.07, 6.45) is 0.941. The largest absolute Gasteiger partial charge is 0.482 e. The summed E-state index contributed by atoms with van der Waals surface area (Å²) in [6.45, 7) is 5.18. The predicted octanol–water partition coefficient (Wildman–Crippen LogP) is 4.18. The molecule has 1 amide bonds. The van der Waals surface area contributed by atoms with Crippen molar-refractivity contribution in [2.45, 2.75) is 33.1 Å². The lowest BCUT2D eigenvalue weighted by Crippen LogP contribution is -2.24. The first-order chi connectivity index (χ1) is 14.9. The SMILES string of the molecule is CC[C@H](C)c1ccccc1NC(=O)COC(=O)COc1ccc2c(C)cc(=O)oc2c1. The Bertz CT molecular complexity index is 1150. The Morgan fingerprint density at radius 2 is 1.87 bits per heavy atom. The molecule has 0 saturated carbocycles. The van der Waals surface area contributed by atoms with Crippen molar-refractivity contribution in [3.05, 3.63) is 70.1 Å². The number of aryl methyl sites for hydroxylation is 1. The summed E-state index contributed by atoms with van der Waals surface area (Å²) in [6, 6.07) is 13.9. The van der Waals surface area contributed by atoms with Gasteiger partial charge < -0.3 is 19.2 Å². The van der Waals surface area contributed by atoms with Crippen molar-refractivity contribution < 1.29 is 23.5 Å². The van der Waals surface area contributed by atoms with Gasteiger partial charge in [-0.25, -0.2) is 9.59 Å². The van der Waals surface area contributed by atoms with Crippen LogP contribution in [0.4, 0.5) is 5.69 Å². The van der Waals surface area contributed by atoms with Gasteiger partial charge in [0.15, 0.2) is 13.2 Å². The second kappa shape index (κ2) is 9.93. The molecule has 0 unspecified atom stereocenters. The third-order valence-corrected chi connectivity index (χ3v) is 5.02. The maximum absolute atomic E-state index is 12.2. The van der Waals surface area contributed by atoms with E-state index >= 15 is 0 Å². The summed E-state index contributed by atoms with van der Waals surface area (Å²) in [5, 5.41) is 3.57. The lowest BCUT2D eigenvalue weighted by molar-refractivity contribution is -0.149. The maximum Gasteiger partial charge on any atom is 0.344 e. The quantitative estimate of drug-likeness (QED) is 0.432. The highest BCUT2D eigenvalue weighted by molar-refractivity contribution is 5.93. The highest BCUT2D eigenvalue weighted by atomic mass is 16.6. The molecule has 0 radical (unpaired) electrons. The fraction of sp³-hybridized carbons (Fsp3) is 0.292. The first-order valence-electron chi connectivity index (χ1n) is 10.1. The standard InChI is InChI=1S/C24H25NO6/c1-4-15(2)18-7-5-6-8-20(18)25-22(26)13-30-24(28)14-29-17-9-10-19-16(3)11-23(27)31-21(19)12-17/h5-12,15H,4,13-14H2,1-3H3,(H,25,26)/t15-/m0/s1. The Morgan fingerprint density at radius 3 is 2.65 bits per heavy atom. The van der Waals surface area contributed by atoms with Crippen LogP contribution in [0.3, 0.4) is 0 Å². The summed E-state index contributed by atoms with van der Waals surface area (Å²) < 4.78 is 15.6. The Balaban J connectivity index is 1.52. The molecule has 162 valence electrons. The van der Waals surface area contributed by atoms with E-state index in [9.17, 15) is 14.4 Å². The van der Waals surface area contributed by atoms with E-state index in [4.69, 9.17) is 13.9 Å². The van der Waals surface area contributed by atoms with Crippen LogP contribution in [0.2, 0.25) is 0 Å². The van der Waals surface area contributed by atoms with Gasteiger partial charge in [-0.05, 0) is 48.6 Å². The highest BCUT2D eigenvalue weighted by Gasteiger charge is 2.13. The van der Waals surface area contributed by atoms with Crippen molar-refractivity contribution in [1.82, 2.24) is 0 Å². The van der Waals surface area contributed by atoms with E-state index in [-0.39, 0.29) is 6.61 Å². The van der Waals surface area contributed by atoms with Gasteiger partial charge in [-0.1, -0.05) is 32.0 Å². The Hall–Kier alpha value is -3.61. The molecule has 0 bridgehead atoms. The Morgan fingerprint density at radius 1 is 1.10 bits per heavy atom. The minimum atomic E-state index is -0.684. The summed E-state index contributed by atoms with van der Waals surface area (Å²) in [4.78, 5) is 35.7. The van der Waals surface area contributed by atoms with Crippen molar-refractivity contribution in [2.24, 2.45) is 0 Å². The molecule has 3 rings (SSSR count). The number of carbonyl (C=O) groups is 2. The van der Waals surface area contributed by atoms with Crippen LogP contribution in [-0.4, -0.2) is 25.1 Å². The van der Waals surface area contributed by atoms with Gasteiger partial charge in [0.2, 0.25) is 0 Å². The van der Waals surface area contributed by atoms with E-state index < -0.39 is 24.1 Å². The molecular weight excluding hydrogens is 398 g/mol. The van der Waals surface area contributed by atoms with Gasteiger partial charge >= 0.3 is 11.6 Å². The number of ether oxygens (including phenoxy) is 2. The zero-order valence-corrected chi connectivity index (χ0v) is 17.8. The monoisotopic (exact) mass is 423 g/mol. The van der Waals surface area contributed by atoms with Gasteiger partial charge in [-0.15, -0.1) is 0 Å². The Labute approximate surface area is 180 Å². The van der Waals surface area contributed by atoms with Gasteiger partial charge in [0.25, 0.3) is 5.91 Å². The fourth-order valence-electron chi connectivity index (χ4n) is 3.17. The number of anilines is 1. The van der Waals surface area contributed by atoms with Crippen molar-refractivity contribution in [1.29, 1.82) is 0 Å². The van der Waals surface area contributed by atoms with Crippen LogP contribution in [0.15, 0.2) is 57.7 Å². The van der Waals surface area contributed by atoms with E-state index in [1.54, 1.807) is 12.1 Å². The number of hydrogen-bond acceptors (Lipinski definition) is 6. The fourth-order valence-corrected chi connectivity index (χ4v) is 3.17. The summed E-state index contributed by atoms with van der Waals surface area (Å²) in [7, 11) is 0. The minimum Gasteiger partial charge on any atom is -0.482 e. The number of para-hydroxylation sites is 1. The molecule has 0 spiro atoms. The van der Waals surface area contributed by atoms with Crippen molar-refractivity contribution in [3.63, 3.8) is 0 Å². The minimum absolute atomic E-state index is 0.294. The number of benzene rings is 2. The topological polar surface area (TPSA) is 94.8 Å². The summed E-state index contributed by atoms with van der Waals surface area (Å²) in [5.41, 5.74) is 2.45. The molecule has 0 saturated heterocycles. The number of fused-ring (bicyclic) bond motifs is 1. The number of amides is 1. The summed E-state index contributed by atoms with van der Waals surface area (Å²) >= 11 is 0. The molecular formula is C24H25NO6. The number of nitrogens with one attached hydrogen (secondary N) is 1. The first-order valence-corrected chi connectivity index (χ1v) is 10.1. The second-order valence-electron chi connectivity index (χ2n) is 7.30. The van der Waals surface area contributed by atoms with E-state index in [1.807, 2.05) is 31.2 Å². The van der Waals surface area contributed by atoms with Gasteiger partial charge in [0, 0.05) is 23.2 Å². The molecule has 1 aromatic heterocycles. The van der Waals surface area contributed by atoms with Crippen molar-refractivity contribution in [2.75, 3.05) is 18.5 Å². The van der Waals surface area contributed by atoms with Crippen LogP contribution in [0.5, 0.6) is 5.75 Å². The number of rotatable bonds is 8. The van der Waals surface area contributed by atoms with E-state index in [0.717, 1.165) is 22.9 Å². The molecule has 7 heteroatoms. The number of hydrogen-bond donors (Lipinski definition) is 1. The average molecular weight is 423 g/mol. The van der Waals surface area contributed by atoms with E-state index in [1.165, 1.54) is 12.1 Å². The molecule has 0 fully saturated rings. The van der Waals surface area contributed by atoms with Gasteiger partial charge in [-0.3, -0.25) is 4.79 Å². The average Bonchev–Trinajstić information content (AvgIpc) is 2.75. The van der Waals surface area contributed by atoms with Crippen LogP contribution >= 0.6 is 0 Å². The molecule has 31 heavy (non-hydrogen) atoms. The maximum atomic E-state index is 12.2. The van der Waals surface area contributed by atoms with Crippen LogP contribution in [0, 0.1) is 6.92 Å². The van der Waals surface area contributed by atoms with Crippen LogP contribution in [-0.2, 0) is 14.3 Å². The number of esters is 1. The molecule has 0 aliphatic carbocycles. The number of carbonyl (C=O) groups excluding carboxylic acids is 2. The Kier molecular flexibility index (Phi) is 7.07. The van der Waals surface area contributed by atoms with Gasteiger partial charge in [0.05, 0.1) is 0 Å². The molecule has 1 N–H and O–H groups in total.